The fraction of sp³-hybridized carbons (Fsp3) is 0.656. The summed E-state index contributed by atoms with van der Waals surface area (Å²) in [5, 5.41) is 0. The van der Waals surface area contributed by atoms with Gasteiger partial charge in [-0.1, -0.05) is 84.1 Å². The Morgan fingerprint density at radius 1 is 0.750 bits per heavy atom. The topological polar surface area (TPSA) is 40.6 Å². The number of benzene rings is 1. The number of hydrogen-bond donors (Lipinski definition) is 0. The summed E-state index contributed by atoms with van der Waals surface area (Å²) in [5.74, 6) is 1.50. The third kappa shape index (κ3) is 11.0. The van der Waals surface area contributed by atoms with Gasteiger partial charge in [0, 0.05) is 24.1 Å². The molecule has 1 fully saturated rings. The third-order valence-corrected chi connectivity index (χ3v) is 7.16. The molecular weight excluding hydrogens is 446 g/mol. The van der Waals surface area contributed by atoms with Gasteiger partial charge in [0.05, 0.1) is 25.5 Å². The van der Waals surface area contributed by atoms with Gasteiger partial charge in [-0.15, -0.1) is 0 Å². The van der Waals surface area contributed by atoms with Crippen LogP contribution in [0.5, 0.6) is 5.75 Å². The van der Waals surface area contributed by atoms with Gasteiger partial charge in [-0.25, -0.2) is 0 Å². The highest BCUT2D eigenvalue weighted by atomic mass is 16.7. The first kappa shape index (κ1) is 28.7. The minimum absolute atomic E-state index is 0.0790. The lowest BCUT2D eigenvalue weighted by atomic mass is 10.0. The van der Waals surface area contributed by atoms with Crippen molar-refractivity contribution in [2.75, 3.05) is 19.8 Å². The third-order valence-electron chi connectivity index (χ3n) is 7.16. The van der Waals surface area contributed by atoms with Crippen molar-refractivity contribution in [1.82, 2.24) is 4.98 Å². The van der Waals surface area contributed by atoms with E-state index < -0.39 is 0 Å². The van der Waals surface area contributed by atoms with Crippen LogP contribution in [-0.2, 0) is 15.9 Å². The van der Waals surface area contributed by atoms with Crippen molar-refractivity contribution >= 4 is 0 Å². The van der Waals surface area contributed by atoms with Crippen LogP contribution in [0.15, 0.2) is 42.6 Å². The van der Waals surface area contributed by atoms with E-state index in [2.05, 4.69) is 50.2 Å². The zero-order valence-corrected chi connectivity index (χ0v) is 22.9. The lowest BCUT2D eigenvalue weighted by molar-refractivity contribution is -0.203. The van der Waals surface area contributed by atoms with Crippen LogP contribution < -0.4 is 4.74 Å². The molecule has 1 aromatic heterocycles. The van der Waals surface area contributed by atoms with Crippen molar-refractivity contribution in [2.24, 2.45) is 5.92 Å². The number of unbranched alkanes of at least 4 members (excludes halogenated alkanes) is 9. The van der Waals surface area contributed by atoms with Gasteiger partial charge in [0.15, 0.2) is 6.29 Å². The average Bonchev–Trinajstić information content (AvgIpc) is 2.93. The number of aryl methyl sites for hydroxylation is 1. The highest BCUT2D eigenvalue weighted by Crippen LogP contribution is 2.23. The molecule has 200 valence electrons. The summed E-state index contributed by atoms with van der Waals surface area (Å²) >= 11 is 0. The Hall–Kier alpha value is -1.91. The fourth-order valence-electron chi connectivity index (χ4n) is 4.77. The minimum atomic E-state index is -0.0790. The van der Waals surface area contributed by atoms with Crippen LogP contribution in [0, 0.1) is 5.92 Å². The number of nitrogens with zero attached hydrogens (tertiary/aromatic N) is 1. The molecule has 2 heterocycles. The molecule has 0 N–H and O–H groups in total. The molecule has 4 heteroatoms. The maximum Gasteiger partial charge on any atom is 0.157 e. The van der Waals surface area contributed by atoms with E-state index in [4.69, 9.17) is 19.2 Å². The predicted molar refractivity (Wildman–Crippen MR) is 149 cm³/mol. The normalized spacial score (nSPS) is 17.8. The molecule has 1 aliphatic rings. The van der Waals surface area contributed by atoms with E-state index in [1.165, 1.54) is 76.2 Å². The molecule has 0 saturated carbocycles. The standard InChI is InChI=1S/C32H49NO3/c1-3-5-7-9-10-12-14-28-25-35-32(36-26-28)22-16-27-15-21-31(33-24-27)29-17-19-30(20-18-29)34-23-13-11-8-6-4-2/h15,17-21,24,28,32H,3-14,16,22-23,25-26H2,1-2H3/t28-,32-. The van der Waals surface area contributed by atoms with E-state index in [-0.39, 0.29) is 6.29 Å². The maximum absolute atomic E-state index is 6.01. The number of rotatable bonds is 18. The van der Waals surface area contributed by atoms with Gasteiger partial charge in [-0.05, 0) is 55.2 Å². The van der Waals surface area contributed by atoms with Gasteiger partial charge >= 0.3 is 0 Å². The molecule has 36 heavy (non-hydrogen) atoms. The summed E-state index contributed by atoms with van der Waals surface area (Å²) < 4.78 is 17.9. The molecule has 0 aliphatic carbocycles. The molecule has 2 aromatic rings. The van der Waals surface area contributed by atoms with Gasteiger partial charge in [-0.3, -0.25) is 4.98 Å². The molecule has 1 aliphatic heterocycles. The Kier molecular flexibility index (Phi) is 14.0. The Labute approximate surface area is 220 Å². The zero-order chi connectivity index (χ0) is 25.3. The van der Waals surface area contributed by atoms with Crippen molar-refractivity contribution in [1.29, 1.82) is 0 Å². The second kappa shape index (κ2) is 17.5. The van der Waals surface area contributed by atoms with Crippen molar-refractivity contribution in [3.05, 3.63) is 48.2 Å². The van der Waals surface area contributed by atoms with Crippen molar-refractivity contribution in [2.45, 2.75) is 110 Å². The smallest absolute Gasteiger partial charge is 0.157 e. The van der Waals surface area contributed by atoms with E-state index in [1.807, 2.05) is 6.20 Å². The van der Waals surface area contributed by atoms with Crippen LogP contribution in [0.3, 0.4) is 0 Å². The zero-order valence-electron chi connectivity index (χ0n) is 22.9. The van der Waals surface area contributed by atoms with Crippen LogP contribution in [0.2, 0.25) is 0 Å². The van der Waals surface area contributed by atoms with Crippen LogP contribution in [0.25, 0.3) is 11.3 Å². The summed E-state index contributed by atoms with van der Waals surface area (Å²) in [6.07, 6.45) is 19.3. The van der Waals surface area contributed by atoms with Gasteiger partial charge in [0.25, 0.3) is 0 Å². The molecular formula is C32H49NO3. The molecule has 0 bridgehead atoms. The SMILES string of the molecule is CCCCCCCC[C@H]1CO[C@H](CCc2ccc(-c3ccc(OCCCCCCC)cc3)nc2)OC1. The lowest BCUT2D eigenvalue weighted by Crippen LogP contribution is -2.32. The van der Waals surface area contributed by atoms with E-state index in [0.29, 0.717) is 5.92 Å². The van der Waals surface area contributed by atoms with E-state index in [9.17, 15) is 0 Å². The fourth-order valence-corrected chi connectivity index (χ4v) is 4.77. The maximum atomic E-state index is 6.01. The molecule has 3 rings (SSSR count). The Morgan fingerprint density at radius 2 is 1.42 bits per heavy atom. The Bertz CT molecular complexity index is 797. The van der Waals surface area contributed by atoms with Crippen molar-refractivity contribution < 1.29 is 14.2 Å². The molecule has 1 aromatic carbocycles. The van der Waals surface area contributed by atoms with Gasteiger partial charge in [0.1, 0.15) is 5.75 Å². The second-order valence-electron chi connectivity index (χ2n) is 10.4. The first-order valence-corrected chi connectivity index (χ1v) is 14.7. The average molecular weight is 496 g/mol. The number of hydrogen-bond acceptors (Lipinski definition) is 4. The number of pyridine rings is 1. The summed E-state index contributed by atoms with van der Waals surface area (Å²) in [5.41, 5.74) is 3.34. The highest BCUT2D eigenvalue weighted by Gasteiger charge is 2.21. The highest BCUT2D eigenvalue weighted by molar-refractivity contribution is 5.60. The van der Waals surface area contributed by atoms with Crippen molar-refractivity contribution in [3.8, 4) is 17.0 Å². The molecule has 0 atom stereocenters. The number of ether oxygens (including phenoxy) is 3. The van der Waals surface area contributed by atoms with Gasteiger partial charge in [-0.2, -0.15) is 0 Å². The first-order chi connectivity index (χ1) is 17.8. The van der Waals surface area contributed by atoms with Gasteiger partial charge < -0.3 is 14.2 Å². The van der Waals surface area contributed by atoms with E-state index >= 15 is 0 Å². The largest absolute Gasteiger partial charge is 0.494 e. The van der Waals surface area contributed by atoms with Crippen LogP contribution >= 0.6 is 0 Å². The lowest BCUT2D eigenvalue weighted by Gasteiger charge is -2.29. The monoisotopic (exact) mass is 495 g/mol. The summed E-state index contributed by atoms with van der Waals surface area (Å²) in [7, 11) is 0. The summed E-state index contributed by atoms with van der Waals surface area (Å²) in [6.45, 7) is 6.99. The number of aromatic nitrogens is 1. The van der Waals surface area contributed by atoms with E-state index in [1.54, 1.807) is 0 Å². The van der Waals surface area contributed by atoms with Crippen LogP contribution in [0.4, 0.5) is 0 Å². The van der Waals surface area contributed by atoms with E-state index in [0.717, 1.165) is 56.1 Å². The summed E-state index contributed by atoms with van der Waals surface area (Å²) in [4.78, 5) is 4.70. The molecule has 0 amide bonds. The molecule has 0 spiro atoms. The van der Waals surface area contributed by atoms with Crippen molar-refractivity contribution in [3.63, 3.8) is 0 Å². The Morgan fingerprint density at radius 3 is 2.08 bits per heavy atom. The van der Waals surface area contributed by atoms with Crippen LogP contribution in [0.1, 0.15) is 103 Å². The quantitative estimate of drug-likeness (QED) is 0.194. The molecule has 4 nitrogen and oxygen atoms in total. The predicted octanol–water partition coefficient (Wildman–Crippen LogP) is 8.77. The molecule has 0 radical (unpaired) electrons. The molecule has 1 saturated heterocycles. The van der Waals surface area contributed by atoms with Gasteiger partial charge in [0.2, 0.25) is 0 Å². The first-order valence-electron chi connectivity index (χ1n) is 14.7. The second-order valence-corrected chi connectivity index (χ2v) is 10.4. The minimum Gasteiger partial charge on any atom is -0.494 e. The summed E-state index contributed by atoms with van der Waals surface area (Å²) in [6, 6.07) is 12.6. The Balaban J connectivity index is 1.30. The molecule has 0 unspecified atom stereocenters. The van der Waals surface area contributed by atoms with Crippen LogP contribution in [-0.4, -0.2) is 31.1 Å².